The summed E-state index contributed by atoms with van der Waals surface area (Å²) in [6, 6.07) is 0.543. The largest absolute Gasteiger partial charge is 0.378 e. The first-order valence-electron chi connectivity index (χ1n) is 5.86. The van der Waals surface area contributed by atoms with Gasteiger partial charge in [-0.15, -0.1) is 0 Å². The van der Waals surface area contributed by atoms with E-state index in [1.807, 2.05) is 11.8 Å². The predicted molar refractivity (Wildman–Crippen MR) is 71.2 cm³/mol. The summed E-state index contributed by atoms with van der Waals surface area (Å²) in [6.07, 6.45) is 1.28. The van der Waals surface area contributed by atoms with Crippen molar-refractivity contribution in [1.82, 2.24) is 10.2 Å². The molecule has 0 aliphatic carbocycles. The van der Waals surface area contributed by atoms with Crippen LogP contribution in [0.25, 0.3) is 0 Å². The number of anilines is 1. The van der Waals surface area contributed by atoms with Gasteiger partial charge in [0.15, 0.2) is 0 Å². The van der Waals surface area contributed by atoms with Gasteiger partial charge in [0.25, 0.3) is 0 Å². The summed E-state index contributed by atoms with van der Waals surface area (Å²) in [5.74, 6) is 2.48. The maximum Gasteiger partial charge on any atom is 0.0825 e. The number of aromatic nitrogens is 2. The molecule has 2 heterocycles. The van der Waals surface area contributed by atoms with E-state index in [0.717, 1.165) is 11.4 Å². The van der Waals surface area contributed by atoms with E-state index in [0.29, 0.717) is 11.5 Å². The lowest BCUT2D eigenvalue weighted by Crippen LogP contribution is -2.41. The van der Waals surface area contributed by atoms with Crippen LogP contribution in [0.2, 0.25) is 0 Å². The van der Waals surface area contributed by atoms with Crippen LogP contribution in [0.15, 0.2) is 0 Å². The van der Waals surface area contributed by atoms with E-state index >= 15 is 0 Å². The summed E-state index contributed by atoms with van der Waals surface area (Å²) >= 11 is 2.05. The molecule has 1 atom stereocenters. The molecule has 1 aliphatic rings. The van der Waals surface area contributed by atoms with Crippen molar-refractivity contribution >= 4 is 17.4 Å². The zero-order valence-electron chi connectivity index (χ0n) is 10.6. The first-order chi connectivity index (χ1) is 7.50. The molecule has 0 bridgehead atoms. The Bertz CT molecular complexity index is 351. The van der Waals surface area contributed by atoms with E-state index in [9.17, 15) is 0 Å². The van der Waals surface area contributed by atoms with Gasteiger partial charge < -0.3 is 5.32 Å². The molecule has 1 aromatic rings. The molecule has 0 amide bonds. The molecule has 2 N–H and O–H groups in total. The van der Waals surface area contributed by atoms with Crippen molar-refractivity contribution in [3.8, 4) is 0 Å². The minimum Gasteiger partial charge on any atom is -0.378 e. The molecule has 0 saturated carbocycles. The molecule has 1 fully saturated rings. The maximum absolute atomic E-state index is 4.24. The number of rotatable bonds is 2. The van der Waals surface area contributed by atoms with Gasteiger partial charge in [0.05, 0.1) is 17.1 Å². The number of thioether (sulfide) groups is 1. The Morgan fingerprint density at radius 2 is 2.19 bits per heavy atom. The lowest BCUT2D eigenvalue weighted by atomic mass is 9.82. The summed E-state index contributed by atoms with van der Waals surface area (Å²) in [5.41, 5.74) is 3.79. The maximum atomic E-state index is 4.24. The summed E-state index contributed by atoms with van der Waals surface area (Å²) in [7, 11) is 0. The van der Waals surface area contributed by atoms with Crippen molar-refractivity contribution in [3.63, 3.8) is 0 Å². The molecule has 2 rings (SSSR count). The van der Waals surface area contributed by atoms with Gasteiger partial charge in [0, 0.05) is 11.8 Å². The third-order valence-electron chi connectivity index (χ3n) is 3.57. The smallest absolute Gasteiger partial charge is 0.0825 e. The van der Waals surface area contributed by atoms with Gasteiger partial charge in [0.1, 0.15) is 0 Å². The normalized spacial score (nSPS) is 24.4. The molecule has 0 spiro atoms. The molecule has 16 heavy (non-hydrogen) atoms. The molecular formula is C12H21N3S. The Balaban J connectivity index is 2.14. The van der Waals surface area contributed by atoms with Crippen LogP contribution in [0.3, 0.4) is 0 Å². The van der Waals surface area contributed by atoms with Crippen LogP contribution in [0.1, 0.15) is 31.7 Å². The fourth-order valence-corrected chi connectivity index (χ4v) is 3.72. The van der Waals surface area contributed by atoms with Crippen molar-refractivity contribution < 1.29 is 0 Å². The standard InChI is InChI=1S/C12H21N3S/c1-8-11(9(2)15-14-8)13-10-7-16-6-5-12(10,3)4/h10,13H,5-7H2,1-4H3,(H,14,15). The lowest BCUT2D eigenvalue weighted by molar-refractivity contribution is 0.305. The van der Waals surface area contributed by atoms with Gasteiger partial charge in [-0.3, -0.25) is 5.10 Å². The number of nitrogens with zero attached hydrogens (tertiary/aromatic N) is 1. The van der Waals surface area contributed by atoms with Crippen LogP contribution >= 0.6 is 11.8 Å². The highest BCUT2D eigenvalue weighted by Gasteiger charge is 2.33. The Kier molecular flexibility index (Phi) is 3.19. The second-order valence-electron chi connectivity index (χ2n) is 5.32. The van der Waals surface area contributed by atoms with Gasteiger partial charge in [-0.25, -0.2) is 0 Å². The van der Waals surface area contributed by atoms with Crippen molar-refractivity contribution in [3.05, 3.63) is 11.4 Å². The van der Waals surface area contributed by atoms with E-state index in [4.69, 9.17) is 0 Å². The summed E-state index contributed by atoms with van der Waals surface area (Å²) in [5, 5.41) is 10.9. The average molecular weight is 239 g/mol. The van der Waals surface area contributed by atoms with Gasteiger partial charge in [-0.2, -0.15) is 16.9 Å². The molecule has 90 valence electrons. The van der Waals surface area contributed by atoms with E-state index in [1.165, 1.54) is 23.6 Å². The molecule has 1 aromatic heterocycles. The first-order valence-corrected chi connectivity index (χ1v) is 7.02. The number of aromatic amines is 1. The zero-order chi connectivity index (χ0) is 11.8. The van der Waals surface area contributed by atoms with Crippen LogP contribution in [0.4, 0.5) is 5.69 Å². The fraction of sp³-hybridized carbons (Fsp3) is 0.750. The van der Waals surface area contributed by atoms with Crippen LogP contribution in [0.5, 0.6) is 0 Å². The number of nitrogens with one attached hydrogen (secondary N) is 2. The Morgan fingerprint density at radius 1 is 1.44 bits per heavy atom. The van der Waals surface area contributed by atoms with E-state index in [2.05, 4.69) is 43.2 Å². The van der Waals surface area contributed by atoms with E-state index in [-0.39, 0.29) is 0 Å². The number of hydrogen-bond donors (Lipinski definition) is 2. The van der Waals surface area contributed by atoms with Gasteiger partial charge in [-0.05, 0) is 31.4 Å². The minimum atomic E-state index is 0.376. The van der Waals surface area contributed by atoms with Gasteiger partial charge in [0.2, 0.25) is 0 Å². The predicted octanol–water partition coefficient (Wildman–Crippen LogP) is 2.97. The van der Waals surface area contributed by atoms with Crippen LogP contribution in [-0.2, 0) is 0 Å². The number of H-pyrrole nitrogens is 1. The third kappa shape index (κ3) is 2.21. The second kappa shape index (κ2) is 4.32. The summed E-state index contributed by atoms with van der Waals surface area (Å²) in [4.78, 5) is 0. The minimum absolute atomic E-state index is 0.376. The Morgan fingerprint density at radius 3 is 2.75 bits per heavy atom. The molecule has 3 nitrogen and oxygen atoms in total. The van der Waals surface area contributed by atoms with Gasteiger partial charge in [-0.1, -0.05) is 13.8 Å². The summed E-state index contributed by atoms with van der Waals surface area (Å²) < 4.78 is 0. The third-order valence-corrected chi connectivity index (χ3v) is 4.63. The van der Waals surface area contributed by atoms with E-state index in [1.54, 1.807) is 0 Å². The quantitative estimate of drug-likeness (QED) is 0.833. The first kappa shape index (κ1) is 11.8. The molecule has 4 heteroatoms. The van der Waals surface area contributed by atoms with Crippen LogP contribution in [-0.4, -0.2) is 27.7 Å². The average Bonchev–Trinajstić information content (AvgIpc) is 2.52. The van der Waals surface area contributed by atoms with E-state index < -0.39 is 0 Å². The molecule has 1 unspecified atom stereocenters. The lowest BCUT2D eigenvalue weighted by Gasteiger charge is -2.39. The van der Waals surface area contributed by atoms with Crippen molar-refractivity contribution in [2.75, 3.05) is 16.8 Å². The zero-order valence-corrected chi connectivity index (χ0v) is 11.4. The Labute approximate surface area is 102 Å². The molecule has 1 aliphatic heterocycles. The highest BCUT2D eigenvalue weighted by atomic mass is 32.2. The summed E-state index contributed by atoms with van der Waals surface area (Å²) in [6.45, 7) is 8.84. The number of aryl methyl sites for hydroxylation is 2. The van der Waals surface area contributed by atoms with Gasteiger partial charge >= 0.3 is 0 Å². The molecule has 1 saturated heterocycles. The van der Waals surface area contributed by atoms with Crippen LogP contribution in [0, 0.1) is 19.3 Å². The van der Waals surface area contributed by atoms with Crippen molar-refractivity contribution in [2.45, 2.75) is 40.2 Å². The highest BCUT2D eigenvalue weighted by Crippen LogP contribution is 2.36. The van der Waals surface area contributed by atoms with Crippen molar-refractivity contribution in [1.29, 1.82) is 0 Å². The number of hydrogen-bond acceptors (Lipinski definition) is 3. The molecule has 0 radical (unpaired) electrons. The second-order valence-corrected chi connectivity index (χ2v) is 6.47. The van der Waals surface area contributed by atoms with Crippen LogP contribution < -0.4 is 5.32 Å². The Hall–Kier alpha value is -0.640. The fourth-order valence-electron chi connectivity index (χ4n) is 2.11. The highest BCUT2D eigenvalue weighted by molar-refractivity contribution is 7.99. The SMILES string of the molecule is Cc1n[nH]c(C)c1NC1CSCCC1(C)C. The monoisotopic (exact) mass is 239 g/mol. The molecule has 0 aromatic carbocycles. The molecular weight excluding hydrogens is 218 g/mol. The topological polar surface area (TPSA) is 40.7 Å². The van der Waals surface area contributed by atoms with Crippen molar-refractivity contribution in [2.24, 2.45) is 5.41 Å².